The summed E-state index contributed by atoms with van der Waals surface area (Å²) in [4.78, 5) is 12.3. The van der Waals surface area contributed by atoms with E-state index in [4.69, 9.17) is 0 Å². The van der Waals surface area contributed by atoms with Crippen molar-refractivity contribution in [3.05, 3.63) is 24.9 Å². The van der Waals surface area contributed by atoms with Gasteiger partial charge in [0.25, 0.3) is 0 Å². The van der Waals surface area contributed by atoms with Gasteiger partial charge in [0.05, 0.1) is 5.69 Å². The second-order valence-electron chi connectivity index (χ2n) is 2.40. The number of nitrogens with zero attached hydrogens (tertiary/aromatic N) is 4. The molecule has 0 unspecified atom stereocenters. The third kappa shape index (κ3) is 0.475. The molecular formula is C7H4N4. The van der Waals surface area contributed by atoms with Gasteiger partial charge in [-0.05, 0) is 6.07 Å². The Morgan fingerprint density at radius 3 is 2.64 bits per heavy atom. The molecule has 2 bridgehead atoms. The second kappa shape index (κ2) is 1.47. The highest BCUT2D eigenvalue weighted by Crippen LogP contribution is 2.21. The summed E-state index contributed by atoms with van der Waals surface area (Å²) in [6, 6.07) is 1.95. The molecule has 3 aliphatic rings. The first-order valence-corrected chi connectivity index (χ1v) is 3.31. The lowest BCUT2D eigenvalue weighted by Gasteiger charge is -2.05. The molecule has 0 radical (unpaired) electrons. The van der Waals surface area contributed by atoms with Crippen LogP contribution in [0.5, 0.6) is 0 Å². The van der Waals surface area contributed by atoms with E-state index in [1.807, 2.05) is 10.5 Å². The van der Waals surface area contributed by atoms with E-state index in [0.717, 1.165) is 11.4 Å². The number of fused-ring (bicyclic) bond motifs is 2. The molecule has 0 fully saturated rings. The molecule has 4 nitrogen and oxygen atoms in total. The summed E-state index contributed by atoms with van der Waals surface area (Å²) in [5.41, 5.74) is 2.67. The van der Waals surface area contributed by atoms with Gasteiger partial charge < -0.3 is 0 Å². The van der Waals surface area contributed by atoms with Crippen molar-refractivity contribution in [2.75, 3.05) is 0 Å². The Bertz CT molecular complexity index is 396. The topological polar surface area (TPSA) is 43.1 Å². The quantitative estimate of drug-likeness (QED) is 0.465. The molecule has 4 heteroatoms. The number of rotatable bonds is 0. The van der Waals surface area contributed by atoms with E-state index in [-0.39, 0.29) is 0 Å². The van der Waals surface area contributed by atoms with E-state index < -0.39 is 0 Å². The molecule has 0 atom stereocenters. The first-order chi connectivity index (χ1) is 5.45. The van der Waals surface area contributed by atoms with Gasteiger partial charge >= 0.3 is 0 Å². The first kappa shape index (κ1) is 5.01. The summed E-state index contributed by atoms with van der Waals surface area (Å²) in [5, 5.41) is 0. The van der Waals surface area contributed by atoms with Gasteiger partial charge in [-0.1, -0.05) is 0 Å². The molecule has 4 rings (SSSR count). The van der Waals surface area contributed by atoms with Crippen LogP contribution < -0.4 is 0 Å². The third-order valence-corrected chi connectivity index (χ3v) is 1.78. The van der Waals surface area contributed by atoms with Crippen LogP contribution in [0.15, 0.2) is 24.9 Å². The highest BCUT2D eigenvalue weighted by Gasteiger charge is 2.11. The maximum Gasteiger partial charge on any atom is 0.183 e. The molecule has 0 spiro atoms. The summed E-state index contributed by atoms with van der Waals surface area (Å²) in [6.45, 7) is 0. The van der Waals surface area contributed by atoms with E-state index >= 15 is 0 Å². The summed E-state index contributed by atoms with van der Waals surface area (Å²) in [6.07, 6.45) is 5.25. The van der Waals surface area contributed by atoms with E-state index in [1.165, 1.54) is 0 Å². The standard InChI is InChI=1S/C7H4N4/c1-2-8-6-5(1)11-3-9-7(6)10-4-11/h1-4H. The van der Waals surface area contributed by atoms with E-state index in [9.17, 15) is 0 Å². The van der Waals surface area contributed by atoms with Crippen LogP contribution in [0.2, 0.25) is 0 Å². The summed E-state index contributed by atoms with van der Waals surface area (Å²) < 4.78 is 1.86. The molecule has 0 aromatic carbocycles. The first-order valence-electron chi connectivity index (χ1n) is 3.31. The van der Waals surface area contributed by atoms with Gasteiger partial charge in [-0.3, -0.25) is 9.38 Å². The van der Waals surface area contributed by atoms with Crippen LogP contribution in [0.1, 0.15) is 0 Å². The molecule has 1 aromatic rings. The smallest absolute Gasteiger partial charge is 0.183 e. The molecule has 52 valence electrons. The average Bonchev–Trinajstić information content (AvgIpc) is 2.55. The lowest BCUT2D eigenvalue weighted by atomic mass is 10.3. The summed E-state index contributed by atoms with van der Waals surface area (Å²) in [5.74, 6) is 0. The molecule has 0 saturated carbocycles. The molecule has 0 aliphatic carbocycles. The monoisotopic (exact) mass is 144 g/mol. The molecule has 1 aromatic heterocycles. The molecule has 4 heterocycles. The molecule has 0 saturated heterocycles. The largest absolute Gasteiger partial charge is 0.289 e. The fourth-order valence-corrected chi connectivity index (χ4v) is 1.25. The summed E-state index contributed by atoms with van der Waals surface area (Å²) in [7, 11) is 0. The van der Waals surface area contributed by atoms with Crippen molar-refractivity contribution in [2.24, 2.45) is 0 Å². The van der Waals surface area contributed by atoms with Crippen molar-refractivity contribution in [1.82, 2.24) is 19.4 Å². The van der Waals surface area contributed by atoms with Crippen molar-refractivity contribution in [3.63, 3.8) is 0 Å². The minimum Gasteiger partial charge on any atom is -0.289 e. The molecule has 0 amide bonds. The Kier molecular flexibility index (Phi) is 0.671. The lowest BCUT2D eigenvalue weighted by Crippen LogP contribution is -2.00. The number of aromatic nitrogens is 4. The van der Waals surface area contributed by atoms with Crippen LogP contribution in [0, 0.1) is 0 Å². The van der Waals surface area contributed by atoms with Gasteiger partial charge in [-0.15, -0.1) is 0 Å². The Balaban J connectivity index is 2.73. The van der Waals surface area contributed by atoms with Gasteiger partial charge in [0.15, 0.2) is 5.65 Å². The Morgan fingerprint density at radius 2 is 1.91 bits per heavy atom. The van der Waals surface area contributed by atoms with Crippen molar-refractivity contribution in [2.45, 2.75) is 0 Å². The zero-order valence-electron chi connectivity index (χ0n) is 5.60. The second-order valence-corrected chi connectivity index (χ2v) is 2.40. The van der Waals surface area contributed by atoms with Gasteiger partial charge in [-0.2, -0.15) is 0 Å². The van der Waals surface area contributed by atoms with Crippen LogP contribution >= 0.6 is 0 Å². The fourth-order valence-electron chi connectivity index (χ4n) is 1.25. The Hall–Kier alpha value is -1.71. The lowest BCUT2D eigenvalue weighted by molar-refractivity contribution is 0.966. The minimum atomic E-state index is 0.715. The molecule has 3 aliphatic heterocycles. The Morgan fingerprint density at radius 1 is 1.09 bits per heavy atom. The van der Waals surface area contributed by atoms with Crippen LogP contribution in [0.4, 0.5) is 0 Å². The van der Waals surface area contributed by atoms with Crippen molar-refractivity contribution in [1.29, 1.82) is 0 Å². The zero-order chi connectivity index (χ0) is 7.26. The van der Waals surface area contributed by atoms with Crippen LogP contribution in [0.25, 0.3) is 17.0 Å². The fraction of sp³-hybridized carbons (Fsp3) is 0. The van der Waals surface area contributed by atoms with Crippen molar-refractivity contribution < 1.29 is 0 Å². The van der Waals surface area contributed by atoms with Gasteiger partial charge in [0.2, 0.25) is 0 Å². The van der Waals surface area contributed by atoms with Crippen LogP contribution in [0.3, 0.4) is 0 Å². The average molecular weight is 144 g/mol. The summed E-state index contributed by atoms with van der Waals surface area (Å²) >= 11 is 0. The number of hydrogen-bond acceptors (Lipinski definition) is 3. The van der Waals surface area contributed by atoms with E-state index in [2.05, 4.69) is 15.0 Å². The zero-order valence-corrected chi connectivity index (χ0v) is 5.60. The maximum atomic E-state index is 4.13. The molecule has 11 heavy (non-hydrogen) atoms. The van der Waals surface area contributed by atoms with Crippen LogP contribution in [-0.4, -0.2) is 19.4 Å². The SMILES string of the molecule is c1cc2n3cnc(nc3)c-2n1. The Labute approximate surface area is 62.2 Å². The van der Waals surface area contributed by atoms with E-state index in [0.29, 0.717) is 5.65 Å². The van der Waals surface area contributed by atoms with Gasteiger partial charge in [0.1, 0.15) is 18.3 Å². The predicted molar refractivity (Wildman–Crippen MR) is 38.6 cm³/mol. The normalized spacial score (nSPS) is 11.6. The van der Waals surface area contributed by atoms with Gasteiger partial charge in [0, 0.05) is 6.20 Å². The molecule has 0 N–H and O–H groups in total. The van der Waals surface area contributed by atoms with Crippen LogP contribution in [-0.2, 0) is 0 Å². The maximum absolute atomic E-state index is 4.13. The molecular weight excluding hydrogens is 140 g/mol. The highest BCUT2D eigenvalue weighted by molar-refractivity contribution is 5.72. The minimum absolute atomic E-state index is 0.715. The number of hydrogen-bond donors (Lipinski definition) is 0. The van der Waals surface area contributed by atoms with Crippen molar-refractivity contribution in [3.8, 4) is 11.4 Å². The van der Waals surface area contributed by atoms with E-state index in [1.54, 1.807) is 18.9 Å². The predicted octanol–water partition coefficient (Wildman–Crippen LogP) is 0.667. The van der Waals surface area contributed by atoms with Crippen molar-refractivity contribution >= 4 is 5.65 Å². The van der Waals surface area contributed by atoms with Gasteiger partial charge in [-0.25, -0.2) is 9.97 Å². The highest BCUT2D eigenvalue weighted by atomic mass is 15.1. The third-order valence-electron chi connectivity index (χ3n) is 1.78.